The Hall–Kier alpha value is -2.51. The highest BCUT2D eigenvalue weighted by atomic mass is 19.4. The predicted octanol–water partition coefficient (Wildman–Crippen LogP) is -1.55. The number of alkyl halides is 3. The highest BCUT2D eigenvalue weighted by molar-refractivity contribution is 6.15. The SMILES string of the molecule is NCCOCCOCCNC(=O)C(OC(=O)C(F)(F)F)N1C(=O)C=CC1=O. The van der Waals surface area contributed by atoms with E-state index in [1.54, 1.807) is 0 Å². The second kappa shape index (κ2) is 10.6. The number of halogens is 3. The Bertz CT molecular complexity index is 577. The molecule has 1 rings (SSSR count). The summed E-state index contributed by atoms with van der Waals surface area (Å²) in [5, 5.41) is 2.12. The molecule has 3 amide bonds. The molecule has 0 saturated carbocycles. The number of rotatable bonds is 11. The standard InChI is InChI=1S/C14H18F3N3O7/c15-14(16,17)13(24)27-12(20-9(21)1-2-10(20)22)11(23)19-4-6-26-8-7-25-5-3-18/h1-2,12H,3-8,18H2,(H,19,23). The van der Waals surface area contributed by atoms with E-state index < -0.39 is 36.1 Å². The molecule has 0 aromatic rings. The van der Waals surface area contributed by atoms with E-state index in [0.717, 1.165) is 12.2 Å². The van der Waals surface area contributed by atoms with Crippen LogP contribution in [0.1, 0.15) is 0 Å². The van der Waals surface area contributed by atoms with Crippen LogP contribution < -0.4 is 11.1 Å². The van der Waals surface area contributed by atoms with Crippen LogP contribution in [-0.4, -0.2) is 80.5 Å². The van der Waals surface area contributed by atoms with E-state index in [-0.39, 0.29) is 31.3 Å². The Morgan fingerprint density at radius 2 is 1.63 bits per heavy atom. The Morgan fingerprint density at radius 3 is 2.15 bits per heavy atom. The highest BCUT2D eigenvalue weighted by Crippen LogP contribution is 2.20. The van der Waals surface area contributed by atoms with Crippen LogP contribution >= 0.6 is 0 Å². The molecule has 0 radical (unpaired) electrons. The van der Waals surface area contributed by atoms with Crippen molar-refractivity contribution in [1.29, 1.82) is 0 Å². The van der Waals surface area contributed by atoms with Gasteiger partial charge in [0, 0.05) is 25.2 Å². The number of nitrogens with zero attached hydrogens (tertiary/aromatic N) is 1. The van der Waals surface area contributed by atoms with Crippen molar-refractivity contribution in [2.24, 2.45) is 5.73 Å². The van der Waals surface area contributed by atoms with Gasteiger partial charge >= 0.3 is 12.1 Å². The Labute approximate surface area is 151 Å². The molecule has 0 fully saturated rings. The fourth-order valence-corrected chi connectivity index (χ4v) is 1.77. The molecule has 10 nitrogen and oxygen atoms in total. The van der Waals surface area contributed by atoms with Crippen LogP contribution in [0, 0.1) is 0 Å². The molecule has 1 aliphatic rings. The van der Waals surface area contributed by atoms with Crippen LogP contribution in [0.4, 0.5) is 13.2 Å². The number of hydrogen-bond acceptors (Lipinski definition) is 8. The second-order valence-corrected chi connectivity index (χ2v) is 4.94. The third-order valence-electron chi connectivity index (χ3n) is 2.93. The minimum atomic E-state index is -5.41. The monoisotopic (exact) mass is 397 g/mol. The van der Waals surface area contributed by atoms with Gasteiger partial charge in [-0.3, -0.25) is 14.4 Å². The summed E-state index contributed by atoms with van der Waals surface area (Å²) in [7, 11) is 0. The zero-order valence-electron chi connectivity index (χ0n) is 14.0. The van der Waals surface area contributed by atoms with Crippen molar-refractivity contribution in [3.63, 3.8) is 0 Å². The van der Waals surface area contributed by atoms with Gasteiger partial charge in [-0.05, 0) is 0 Å². The van der Waals surface area contributed by atoms with Gasteiger partial charge in [0.15, 0.2) is 0 Å². The Balaban J connectivity index is 2.57. The first-order valence-electron chi connectivity index (χ1n) is 7.64. The molecule has 0 aromatic heterocycles. The fourth-order valence-electron chi connectivity index (χ4n) is 1.77. The van der Waals surface area contributed by atoms with Gasteiger partial charge in [0.1, 0.15) is 0 Å². The Morgan fingerprint density at radius 1 is 1.07 bits per heavy atom. The van der Waals surface area contributed by atoms with Gasteiger partial charge < -0.3 is 25.3 Å². The molecule has 27 heavy (non-hydrogen) atoms. The minimum Gasteiger partial charge on any atom is -0.425 e. The highest BCUT2D eigenvalue weighted by Gasteiger charge is 2.47. The normalized spacial score (nSPS) is 15.2. The smallest absolute Gasteiger partial charge is 0.425 e. The summed E-state index contributed by atoms with van der Waals surface area (Å²) in [5.41, 5.74) is 5.21. The number of nitrogens with one attached hydrogen (secondary N) is 1. The largest absolute Gasteiger partial charge is 0.491 e. The van der Waals surface area contributed by atoms with E-state index in [4.69, 9.17) is 15.2 Å². The van der Waals surface area contributed by atoms with Gasteiger partial charge in [-0.15, -0.1) is 0 Å². The maximum Gasteiger partial charge on any atom is 0.491 e. The number of carbonyl (C=O) groups excluding carboxylic acids is 4. The lowest BCUT2D eigenvalue weighted by molar-refractivity contribution is -0.212. The summed E-state index contributed by atoms with van der Waals surface area (Å²) in [6, 6.07) is 0. The van der Waals surface area contributed by atoms with Crippen LogP contribution in [0.15, 0.2) is 12.2 Å². The van der Waals surface area contributed by atoms with E-state index >= 15 is 0 Å². The first kappa shape index (κ1) is 22.5. The molecule has 1 unspecified atom stereocenters. The van der Waals surface area contributed by atoms with Crippen LogP contribution in [0.5, 0.6) is 0 Å². The molecule has 1 atom stereocenters. The Kier molecular flexibility index (Phi) is 8.84. The quantitative estimate of drug-likeness (QED) is 0.243. The number of amides is 3. The zero-order chi connectivity index (χ0) is 20.4. The molecule has 1 aliphatic heterocycles. The number of esters is 1. The van der Waals surface area contributed by atoms with Crippen LogP contribution in [0.25, 0.3) is 0 Å². The van der Waals surface area contributed by atoms with Gasteiger partial charge in [-0.2, -0.15) is 13.2 Å². The summed E-state index contributed by atoms with van der Waals surface area (Å²) in [4.78, 5) is 46.3. The molecular formula is C14H18F3N3O7. The maximum absolute atomic E-state index is 12.4. The van der Waals surface area contributed by atoms with Gasteiger partial charge in [0.05, 0.1) is 26.4 Å². The molecule has 0 bridgehead atoms. The third-order valence-corrected chi connectivity index (χ3v) is 2.93. The van der Waals surface area contributed by atoms with E-state index in [0.29, 0.717) is 13.2 Å². The number of ether oxygens (including phenoxy) is 3. The zero-order valence-corrected chi connectivity index (χ0v) is 14.0. The van der Waals surface area contributed by atoms with Crippen molar-refractivity contribution < 1.29 is 46.6 Å². The third kappa shape index (κ3) is 7.32. The maximum atomic E-state index is 12.4. The molecule has 13 heteroatoms. The number of imide groups is 1. The lowest BCUT2D eigenvalue weighted by Gasteiger charge is -2.25. The predicted molar refractivity (Wildman–Crippen MR) is 80.6 cm³/mol. The van der Waals surface area contributed by atoms with Gasteiger partial charge in [0.2, 0.25) is 0 Å². The van der Waals surface area contributed by atoms with Crippen molar-refractivity contribution in [3.05, 3.63) is 12.2 Å². The molecule has 0 spiro atoms. The van der Waals surface area contributed by atoms with Crippen LogP contribution in [0.2, 0.25) is 0 Å². The summed E-state index contributed by atoms with van der Waals surface area (Å²) in [5.74, 6) is -6.20. The molecule has 3 N–H and O–H groups in total. The van der Waals surface area contributed by atoms with Gasteiger partial charge in [-0.25, -0.2) is 9.69 Å². The van der Waals surface area contributed by atoms with Crippen molar-refractivity contribution in [2.75, 3.05) is 39.5 Å². The van der Waals surface area contributed by atoms with E-state index in [1.165, 1.54) is 0 Å². The van der Waals surface area contributed by atoms with E-state index in [1.807, 2.05) is 0 Å². The van der Waals surface area contributed by atoms with Crippen LogP contribution in [-0.2, 0) is 33.4 Å². The lowest BCUT2D eigenvalue weighted by Crippen LogP contribution is -2.53. The first-order valence-corrected chi connectivity index (χ1v) is 7.64. The van der Waals surface area contributed by atoms with Gasteiger partial charge in [-0.1, -0.05) is 0 Å². The van der Waals surface area contributed by atoms with Crippen molar-refractivity contribution in [1.82, 2.24) is 10.2 Å². The number of nitrogens with two attached hydrogens (primary N) is 1. The molecule has 1 heterocycles. The topological polar surface area (TPSA) is 137 Å². The lowest BCUT2D eigenvalue weighted by atomic mass is 10.4. The fraction of sp³-hybridized carbons (Fsp3) is 0.571. The minimum absolute atomic E-state index is 0.0438. The molecule has 152 valence electrons. The molecular weight excluding hydrogens is 379 g/mol. The molecule has 0 aromatic carbocycles. The summed E-state index contributed by atoms with van der Waals surface area (Å²) in [6.45, 7) is 0.890. The van der Waals surface area contributed by atoms with E-state index in [2.05, 4.69) is 10.1 Å². The van der Waals surface area contributed by atoms with Gasteiger partial charge in [0.25, 0.3) is 23.9 Å². The average Bonchev–Trinajstić information content (AvgIpc) is 2.92. The average molecular weight is 397 g/mol. The molecule has 0 aliphatic carbocycles. The number of carbonyl (C=O) groups is 4. The van der Waals surface area contributed by atoms with Crippen molar-refractivity contribution in [3.8, 4) is 0 Å². The molecule has 0 saturated heterocycles. The second-order valence-electron chi connectivity index (χ2n) is 4.94. The van der Waals surface area contributed by atoms with E-state index in [9.17, 15) is 32.3 Å². The summed E-state index contributed by atoms with van der Waals surface area (Å²) >= 11 is 0. The van der Waals surface area contributed by atoms with Crippen molar-refractivity contribution in [2.45, 2.75) is 12.4 Å². The summed E-state index contributed by atoms with van der Waals surface area (Å²) in [6.07, 6.45) is -6.35. The summed E-state index contributed by atoms with van der Waals surface area (Å²) < 4.78 is 51.3. The van der Waals surface area contributed by atoms with Crippen LogP contribution in [0.3, 0.4) is 0 Å². The number of hydrogen-bond donors (Lipinski definition) is 2. The first-order chi connectivity index (χ1) is 12.7. The van der Waals surface area contributed by atoms with Crippen molar-refractivity contribution >= 4 is 23.7 Å².